The molecule has 2 heterocycles. The van der Waals surface area contributed by atoms with Gasteiger partial charge in [0.2, 0.25) is 5.91 Å². The van der Waals surface area contributed by atoms with Crippen LogP contribution in [0.5, 0.6) is 0 Å². The molecule has 2 rings (SSSR count). The van der Waals surface area contributed by atoms with E-state index in [4.69, 9.17) is 0 Å². The second-order valence-electron chi connectivity index (χ2n) is 3.21. The molecule has 1 aromatic rings. The fraction of sp³-hybridized carbons (Fsp3) is 0.444. The molecule has 1 fully saturated rings. The van der Waals surface area contributed by atoms with Crippen molar-refractivity contribution in [1.82, 2.24) is 15.2 Å². The van der Waals surface area contributed by atoms with Gasteiger partial charge in [0, 0.05) is 11.1 Å². The smallest absolute Gasteiger partial charge is 0.324 e. The van der Waals surface area contributed by atoms with E-state index in [0.717, 1.165) is 16.3 Å². The molecule has 0 spiro atoms. The van der Waals surface area contributed by atoms with E-state index >= 15 is 0 Å². The summed E-state index contributed by atoms with van der Waals surface area (Å²) in [6.07, 6.45) is 2.72. The number of aromatic nitrogens is 1. The number of thiazole rings is 1. The summed E-state index contributed by atoms with van der Waals surface area (Å²) in [7, 11) is 0. The van der Waals surface area contributed by atoms with Crippen LogP contribution >= 0.6 is 11.3 Å². The number of nitrogens with one attached hydrogen (secondary N) is 1. The topological polar surface area (TPSA) is 62.3 Å². The van der Waals surface area contributed by atoms with E-state index in [-0.39, 0.29) is 25.0 Å². The van der Waals surface area contributed by atoms with Crippen LogP contribution in [0.15, 0.2) is 6.20 Å². The second-order valence-corrected chi connectivity index (χ2v) is 4.41. The molecule has 5 nitrogen and oxygen atoms in total. The number of carbonyl (C=O) groups is 2. The fourth-order valence-electron chi connectivity index (χ4n) is 1.34. The zero-order chi connectivity index (χ0) is 10.8. The first-order valence-electron chi connectivity index (χ1n) is 4.72. The number of urea groups is 1. The van der Waals surface area contributed by atoms with Crippen LogP contribution in [0.3, 0.4) is 0 Å². The highest BCUT2D eigenvalue weighted by atomic mass is 32.1. The summed E-state index contributed by atoms with van der Waals surface area (Å²) in [6, 6.07) is -0.326. The Labute approximate surface area is 91.1 Å². The Bertz CT molecular complexity index is 386. The first-order chi connectivity index (χ1) is 7.20. The monoisotopic (exact) mass is 225 g/mol. The Morgan fingerprint density at radius 3 is 2.93 bits per heavy atom. The summed E-state index contributed by atoms with van der Waals surface area (Å²) in [5, 5.41) is 3.28. The van der Waals surface area contributed by atoms with Crippen LogP contribution in [0.25, 0.3) is 0 Å². The SMILES string of the molecule is CCc1cnc(CN2C(=O)CNC2=O)s1. The minimum absolute atomic E-state index is 0.102. The van der Waals surface area contributed by atoms with E-state index in [2.05, 4.69) is 10.3 Å². The lowest BCUT2D eigenvalue weighted by atomic mass is 10.4. The van der Waals surface area contributed by atoms with Crippen LogP contribution < -0.4 is 5.32 Å². The van der Waals surface area contributed by atoms with Crippen LogP contribution in [0, 0.1) is 0 Å². The first-order valence-corrected chi connectivity index (χ1v) is 5.54. The maximum absolute atomic E-state index is 11.3. The molecule has 15 heavy (non-hydrogen) atoms. The number of amides is 3. The summed E-state index contributed by atoms with van der Waals surface area (Å²) in [4.78, 5) is 29.0. The Morgan fingerprint density at radius 1 is 1.60 bits per heavy atom. The largest absolute Gasteiger partial charge is 0.329 e. The predicted octanol–water partition coefficient (Wildman–Crippen LogP) is 0.757. The third-order valence-electron chi connectivity index (χ3n) is 2.18. The van der Waals surface area contributed by atoms with Crippen molar-refractivity contribution in [3.05, 3.63) is 16.1 Å². The number of imide groups is 1. The molecule has 0 aliphatic carbocycles. The summed E-state index contributed by atoms with van der Waals surface area (Å²) < 4.78 is 0. The number of carbonyl (C=O) groups excluding carboxylic acids is 2. The average Bonchev–Trinajstić information content (AvgIpc) is 2.80. The van der Waals surface area contributed by atoms with Crippen molar-refractivity contribution in [1.29, 1.82) is 0 Å². The normalized spacial score (nSPS) is 15.9. The minimum atomic E-state index is -0.326. The zero-order valence-electron chi connectivity index (χ0n) is 8.32. The van der Waals surface area contributed by atoms with Crippen molar-refractivity contribution in [3.8, 4) is 0 Å². The number of aryl methyl sites for hydroxylation is 1. The van der Waals surface area contributed by atoms with Gasteiger partial charge in [0.1, 0.15) is 5.01 Å². The number of nitrogens with zero attached hydrogens (tertiary/aromatic N) is 2. The van der Waals surface area contributed by atoms with Gasteiger partial charge in [0.25, 0.3) is 0 Å². The van der Waals surface area contributed by atoms with Gasteiger partial charge in [-0.05, 0) is 6.42 Å². The Hall–Kier alpha value is -1.43. The lowest BCUT2D eigenvalue weighted by Gasteiger charge is -2.09. The Balaban J connectivity index is 2.07. The highest BCUT2D eigenvalue weighted by Crippen LogP contribution is 2.16. The summed E-state index contributed by atoms with van der Waals surface area (Å²) in [5.41, 5.74) is 0. The molecule has 0 unspecified atom stereocenters. The van der Waals surface area contributed by atoms with Crippen molar-refractivity contribution in [3.63, 3.8) is 0 Å². The van der Waals surface area contributed by atoms with Gasteiger partial charge in [-0.1, -0.05) is 6.92 Å². The predicted molar refractivity (Wildman–Crippen MR) is 55.4 cm³/mol. The number of hydrogen-bond acceptors (Lipinski definition) is 4. The van der Waals surface area contributed by atoms with Crippen molar-refractivity contribution in [2.45, 2.75) is 19.9 Å². The molecule has 1 aliphatic rings. The third kappa shape index (κ3) is 1.99. The first kappa shape index (κ1) is 10.1. The summed E-state index contributed by atoms with van der Waals surface area (Å²) in [5.74, 6) is -0.187. The van der Waals surface area contributed by atoms with Crippen LogP contribution in [-0.2, 0) is 17.8 Å². The number of hydrogen-bond donors (Lipinski definition) is 1. The van der Waals surface area contributed by atoms with E-state index < -0.39 is 0 Å². The lowest BCUT2D eigenvalue weighted by molar-refractivity contribution is -0.125. The van der Waals surface area contributed by atoms with Gasteiger partial charge in [-0.15, -0.1) is 11.3 Å². The highest BCUT2D eigenvalue weighted by Gasteiger charge is 2.28. The van der Waals surface area contributed by atoms with E-state index in [1.807, 2.05) is 6.92 Å². The van der Waals surface area contributed by atoms with E-state index in [1.165, 1.54) is 16.2 Å². The zero-order valence-corrected chi connectivity index (χ0v) is 9.13. The summed E-state index contributed by atoms with van der Waals surface area (Å²) >= 11 is 1.54. The quantitative estimate of drug-likeness (QED) is 0.772. The lowest BCUT2D eigenvalue weighted by Crippen LogP contribution is -2.30. The van der Waals surface area contributed by atoms with E-state index in [1.54, 1.807) is 6.20 Å². The molecular weight excluding hydrogens is 214 g/mol. The number of rotatable bonds is 3. The van der Waals surface area contributed by atoms with Crippen molar-refractivity contribution < 1.29 is 9.59 Å². The molecule has 1 aromatic heterocycles. The van der Waals surface area contributed by atoms with Crippen LogP contribution in [0.4, 0.5) is 4.79 Å². The Kier molecular flexibility index (Phi) is 2.68. The Morgan fingerprint density at radius 2 is 2.40 bits per heavy atom. The molecule has 1 N–H and O–H groups in total. The standard InChI is InChI=1S/C9H11N3O2S/c1-2-6-3-10-7(15-6)5-12-8(13)4-11-9(12)14/h3H,2,4-5H2,1H3,(H,11,14). The van der Waals surface area contributed by atoms with Crippen molar-refractivity contribution in [2.24, 2.45) is 0 Å². The van der Waals surface area contributed by atoms with Gasteiger partial charge < -0.3 is 5.32 Å². The van der Waals surface area contributed by atoms with Gasteiger partial charge in [-0.2, -0.15) is 0 Å². The molecule has 0 aromatic carbocycles. The van der Waals surface area contributed by atoms with E-state index in [9.17, 15) is 9.59 Å². The molecule has 6 heteroatoms. The highest BCUT2D eigenvalue weighted by molar-refractivity contribution is 7.11. The maximum atomic E-state index is 11.3. The van der Waals surface area contributed by atoms with Crippen LogP contribution in [0.2, 0.25) is 0 Å². The van der Waals surface area contributed by atoms with Gasteiger partial charge in [0.05, 0.1) is 13.1 Å². The molecule has 0 radical (unpaired) electrons. The van der Waals surface area contributed by atoms with Crippen LogP contribution in [0.1, 0.15) is 16.8 Å². The molecule has 0 bridgehead atoms. The molecule has 0 saturated carbocycles. The van der Waals surface area contributed by atoms with Gasteiger partial charge in [-0.25, -0.2) is 9.78 Å². The molecule has 3 amide bonds. The molecule has 80 valence electrons. The van der Waals surface area contributed by atoms with E-state index in [0.29, 0.717) is 0 Å². The van der Waals surface area contributed by atoms with Gasteiger partial charge in [-0.3, -0.25) is 9.69 Å². The molecule has 1 aliphatic heterocycles. The third-order valence-corrected chi connectivity index (χ3v) is 3.31. The fourth-order valence-corrected chi connectivity index (χ4v) is 2.19. The molecular formula is C9H11N3O2S. The second kappa shape index (κ2) is 3.98. The summed E-state index contributed by atoms with van der Waals surface area (Å²) in [6.45, 7) is 2.44. The van der Waals surface area contributed by atoms with Gasteiger partial charge >= 0.3 is 6.03 Å². The molecule has 1 saturated heterocycles. The van der Waals surface area contributed by atoms with Gasteiger partial charge in [0.15, 0.2) is 0 Å². The average molecular weight is 225 g/mol. The molecule has 0 atom stereocenters. The van der Waals surface area contributed by atoms with Crippen molar-refractivity contribution in [2.75, 3.05) is 6.54 Å². The van der Waals surface area contributed by atoms with Crippen molar-refractivity contribution >= 4 is 23.3 Å². The maximum Gasteiger partial charge on any atom is 0.324 e. The minimum Gasteiger partial charge on any atom is -0.329 e. The van der Waals surface area contributed by atoms with Crippen LogP contribution in [-0.4, -0.2) is 28.4 Å².